The molecule has 0 spiro atoms. The number of ether oxygens (including phenoxy) is 2. The van der Waals surface area contributed by atoms with Crippen LogP contribution < -0.4 is 14.2 Å². The Morgan fingerprint density at radius 1 is 0.955 bits per heavy atom. The lowest BCUT2D eigenvalue weighted by Crippen LogP contribution is -2.33. The van der Waals surface area contributed by atoms with Crippen molar-refractivity contribution >= 4 is 15.9 Å². The number of nitrogens with one attached hydrogen (secondary N) is 1. The number of rotatable bonds is 6. The van der Waals surface area contributed by atoms with Crippen molar-refractivity contribution in [3.8, 4) is 17.2 Å². The van der Waals surface area contributed by atoms with Crippen LogP contribution in [0.3, 0.4) is 0 Å². The maximum Gasteiger partial charge on any atom is 0.271 e. The fraction of sp³-hybridized carbons (Fsp3) is 0.133. The van der Waals surface area contributed by atoms with Gasteiger partial charge >= 0.3 is 0 Å². The van der Waals surface area contributed by atoms with Gasteiger partial charge in [0, 0.05) is 0 Å². The number of carbonyl (C=O) groups is 1. The minimum absolute atomic E-state index is 0.383. The SMILES string of the molecule is CS(=O)(=O)NC(=O)COc1ccc(Oc2ccccc2)cc1. The van der Waals surface area contributed by atoms with Crippen molar-refractivity contribution in [2.24, 2.45) is 0 Å². The van der Waals surface area contributed by atoms with E-state index < -0.39 is 15.9 Å². The van der Waals surface area contributed by atoms with E-state index in [-0.39, 0.29) is 6.61 Å². The lowest BCUT2D eigenvalue weighted by molar-refractivity contribution is -0.121. The van der Waals surface area contributed by atoms with E-state index in [2.05, 4.69) is 0 Å². The predicted octanol–water partition coefficient (Wildman–Crippen LogP) is 1.93. The Morgan fingerprint density at radius 3 is 2.09 bits per heavy atom. The largest absolute Gasteiger partial charge is 0.484 e. The molecule has 1 N–H and O–H groups in total. The minimum Gasteiger partial charge on any atom is -0.484 e. The van der Waals surface area contributed by atoms with Gasteiger partial charge in [0.1, 0.15) is 17.2 Å². The lowest BCUT2D eigenvalue weighted by atomic mass is 10.3. The summed E-state index contributed by atoms with van der Waals surface area (Å²) in [6.45, 7) is -0.383. The molecular weight excluding hydrogens is 306 g/mol. The van der Waals surface area contributed by atoms with E-state index in [1.54, 1.807) is 24.3 Å². The molecule has 116 valence electrons. The van der Waals surface area contributed by atoms with Crippen molar-refractivity contribution in [2.45, 2.75) is 0 Å². The number of hydrogen-bond donors (Lipinski definition) is 1. The fourth-order valence-corrected chi connectivity index (χ4v) is 2.09. The average Bonchev–Trinajstić information content (AvgIpc) is 2.46. The number of sulfonamides is 1. The van der Waals surface area contributed by atoms with Crippen molar-refractivity contribution in [3.63, 3.8) is 0 Å². The van der Waals surface area contributed by atoms with Gasteiger partial charge in [0.25, 0.3) is 5.91 Å². The van der Waals surface area contributed by atoms with Crippen molar-refractivity contribution in [3.05, 3.63) is 54.6 Å². The Balaban J connectivity index is 1.88. The van der Waals surface area contributed by atoms with Gasteiger partial charge in [-0.25, -0.2) is 8.42 Å². The van der Waals surface area contributed by atoms with Gasteiger partial charge in [0.05, 0.1) is 6.26 Å². The summed E-state index contributed by atoms with van der Waals surface area (Å²) in [5.41, 5.74) is 0. The van der Waals surface area contributed by atoms with Crippen molar-refractivity contribution in [1.29, 1.82) is 0 Å². The molecule has 0 aromatic heterocycles. The summed E-state index contributed by atoms with van der Waals surface area (Å²) in [5.74, 6) is 1.04. The van der Waals surface area contributed by atoms with Crippen LogP contribution in [0.15, 0.2) is 54.6 Å². The molecule has 0 saturated heterocycles. The average molecular weight is 321 g/mol. The second-order valence-corrected chi connectivity index (χ2v) is 6.22. The molecule has 0 atom stereocenters. The van der Waals surface area contributed by atoms with Gasteiger partial charge in [0.15, 0.2) is 6.61 Å². The molecule has 6 nitrogen and oxygen atoms in total. The molecule has 0 saturated carbocycles. The van der Waals surface area contributed by atoms with Gasteiger partial charge in [-0.3, -0.25) is 9.52 Å². The third-order valence-corrected chi connectivity index (χ3v) is 3.07. The lowest BCUT2D eigenvalue weighted by Gasteiger charge is -2.08. The Labute approximate surface area is 128 Å². The van der Waals surface area contributed by atoms with Crippen LogP contribution in [0.2, 0.25) is 0 Å². The van der Waals surface area contributed by atoms with Crippen LogP contribution in [-0.4, -0.2) is 27.2 Å². The van der Waals surface area contributed by atoms with Crippen LogP contribution in [0.5, 0.6) is 17.2 Å². The molecule has 1 amide bonds. The monoisotopic (exact) mass is 321 g/mol. The first-order valence-electron chi connectivity index (χ1n) is 6.39. The van der Waals surface area contributed by atoms with E-state index in [0.29, 0.717) is 17.2 Å². The Morgan fingerprint density at radius 2 is 1.50 bits per heavy atom. The highest BCUT2D eigenvalue weighted by molar-refractivity contribution is 7.89. The third-order valence-electron chi connectivity index (χ3n) is 2.47. The second kappa shape index (κ2) is 6.95. The van der Waals surface area contributed by atoms with E-state index in [1.807, 2.05) is 35.1 Å². The van der Waals surface area contributed by atoms with Gasteiger partial charge in [-0.2, -0.15) is 0 Å². The first kappa shape index (κ1) is 15.8. The van der Waals surface area contributed by atoms with Crippen molar-refractivity contribution < 1.29 is 22.7 Å². The zero-order chi connectivity index (χ0) is 16.0. The summed E-state index contributed by atoms with van der Waals surface area (Å²) in [7, 11) is -3.57. The zero-order valence-electron chi connectivity index (χ0n) is 11.9. The molecule has 0 heterocycles. The van der Waals surface area contributed by atoms with Gasteiger partial charge < -0.3 is 9.47 Å². The van der Waals surface area contributed by atoms with E-state index in [4.69, 9.17) is 9.47 Å². The molecule has 2 aromatic rings. The Kier molecular flexibility index (Phi) is 5.00. The maximum absolute atomic E-state index is 11.3. The van der Waals surface area contributed by atoms with Gasteiger partial charge in [-0.15, -0.1) is 0 Å². The van der Waals surface area contributed by atoms with Crippen LogP contribution in [0.25, 0.3) is 0 Å². The number of benzene rings is 2. The fourth-order valence-electron chi connectivity index (χ4n) is 1.61. The highest BCUT2D eigenvalue weighted by atomic mass is 32.2. The van der Waals surface area contributed by atoms with Crippen LogP contribution >= 0.6 is 0 Å². The van der Waals surface area contributed by atoms with Gasteiger partial charge in [-0.05, 0) is 36.4 Å². The minimum atomic E-state index is -3.57. The smallest absolute Gasteiger partial charge is 0.271 e. The summed E-state index contributed by atoms with van der Waals surface area (Å²) in [6, 6.07) is 15.9. The first-order chi connectivity index (χ1) is 10.4. The summed E-state index contributed by atoms with van der Waals surface area (Å²) in [6.07, 6.45) is 0.903. The van der Waals surface area contributed by atoms with Gasteiger partial charge in [0.2, 0.25) is 10.0 Å². The molecule has 0 aliphatic heterocycles. The second-order valence-electron chi connectivity index (χ2n) is 4.47. The topological polar surface area (TPSA) is 81.7 Å². The molecule has 0 radical (unpaired) electrons. The highest BCUT2D eigenvalue weighted by Crippen LogP contribution is 2.23. The first-order valence-corrected chi connectivity index (χ1v) is 8.28. The summed E-state index contributed by atoms with van der Waals surface area (Å²) in [4.78, 5) is 11.3. The van der Waals surface area contributed by atoms with Crippen LogP contribution in [-0.2, 0) is 14.8 Å². The maximum atomic E-state index is 11.3. The number of amides is 1. The quantitative estimate of drug-likeness (QED) is 0.879. The van der Waals surface area contributed by atoms with Gasteiger partial charge in [-0.1, -0.05) is 18.2 Å². The Bertz CT molecular complexity index is 726. The highest BCUT2D eigenvalue weighted by Gasteiger charge is 2.09. The van der Waals surface area contributed by atoms with Crippen LogP contribution in [0, 0.1) is 0 Å². The standard InChI is InChI=1S/C15H15NO5S/c1-22(18,19)16-15(17)11-20-12-7-9-14(10-8-12)21-13-5-3-2-4-6-13/h2-10H,11H2,1H3,(H,16,17). The van der Waals surface area contributed by atoms with Crippen molar-refractivity contribution in [1.82, 2.24) is 4.72 Å². The van der Waals surface area contributed by atoms with E-state index in [0.717, 1.165) is 6.26 Å². The molecule has 2 aromatic carbocycles. The number of carbonyl (C=O) groups excluding carboxylic acids is 1. The predicted molar refractivity (Wildman–Crippen MR) is 81.4 cm³/mol. The summed E-state index contributed by atoms with van der Waals surface area (Å²) >= 11 is 0. The van der Waals surface area contributed by atoms with Crippen molar-refractivity contribution in [2.75, 3.05) is 12.9 Å². The molecule has 0 fully saturated rings. The summed E-state index contributed by atoms with van der Waals surface area (Å²) < 4.78 is 34.3. The summed E-state index contributed by atoms with van der Waals surface area (Å²) in [5, 5.41) is 0. The zero-order valence-corrected chi connectivity index (χ0v) is 12.7. The molecule has 0 bridgehead atoms. The molecule has 7 heteroatoms. The molecule has 2 rings (SSSR count). The van der Waals surface area contributed by atoms with E-state index in [1.165, 1.54) is 0 Å². The molecule has 0 unspecified atom stereocenters. The van der Waals surface area contributed by atoms with E-state index >= 15 is 0 Å². The number of hydrogen-bond acceptors (Lipinski definition) is 5. The molecule has 0 aliphatic rings. The normalized spacial score (nSPS) is 10.8. The Hall–Kier alpha value is -2.54. The third kappa shape index (κ3) is 5.45. The van der Waals surface area contributed by atoms with Crippen LogP contribution in [0.1, 0.15) is 0 Å². The number of para-hydroxylation sites is 1. The van der Waals surface area contributed by atoms with Crippen LogP contribution in [0.4, 0.5) is 0 Å². The molecule has 22 heavy (non-hydrogen) atoms. The molecule has 0 aliphatic carbocycles. The molecular formula is C15H15NO5S. The van der Waals surface area contributed by atoms with E-state index in [9.17, 15) is 13.2 Å².